The monoisotopic (exact) mass is 334 g/mol. The SMILES string of the molecule is CC1OCCC1NS(=O)(=O)c1cc(C(N)=S)ccc1Cl. The molecule has 1 fully saturated rings. The van der Waals surface area contributed by atoms with Crippen molar-refractivity contribution < 1.29 is 13.2 Å². The molecule has 110 valence electrons. The number of thiocarbonyl (C=S) groups is 1. The van der Waals surface area contributed by atoms with E-state index in [-0.39, 0.29) is 27.1 Å². The summed E-state index contributed by atoms with van der Waals surface area (Å²) in [7, 11) is -3.74. The van der Waals surface area contributed by atoms with E-state index in [1.807, 2.05) is 6.92 Å². The summed E-state index contributed by atoms with van der Waals surface area (Å²) in [6.07, 6.45) is 0.467. The summed E-state index contributed by atoms with van der Waals surface area (Å²) in [5.74, 6) is 0. The number of nitrogens with one attached hydrogen (secondary N) is 1. The van der Waals surface area contributed by atoms with Crippen LogP contribution in [0.1, 0.15) is 18.9 Å². The van der Waals surface area contributed by atoms with Gasteiger partial charge in [0.2, 0.25) is 10.0 Å². The predicted molar refractivity (Wildman–Crippen MR) is 81.5 cm³/mol. The highest BCUT2D eigenvalue weighted by Crippen LogP contribution is 2.24. The lowest BCUT2D eigenvalue weighted by molar-refractivity contribution is 0.117. The van der Waals surface area contributed by atoms with Crippen molar-refractivity contribution in [1.82, 2.24) is 4.72 Å². The summed E-state index contributed by atoms with van der Waals surface area (Å²) in [5.41, 5.74) is 5.97. The van der Waals surface area contributed by atoms with Gasteiger partial charge < -0.3 is 10.5 Å². The van der Waals surface area contributed by atoms with E-state index in [1.54, 1.807) is 6.07 Å². The first-order chi connectivity index (χ1) is 9.31. The van der Waals surface area contributed by atoms with Gasteiger partial charge in [-0.1, -0.05) is 29.9 Å². The van der Waals surface area contributed by atoms with E-state index in [0.717, 1.165) is 0 Å². The Balaban J connectivity index is 2.33. The molecule has 0 saturated carbocycles. The van der Waals surface area contributed by atoms with Gasteiger partial charge in [0.1, 0.15) is 9.88 Å². The third-order valence-electron chi connectivity index (χ3n) is 3.19. The van der Waals surface area contributed by atoms with Gasteiger partial charge in [-0.05, 0) is 25.5 Å². The molecule has 0 amide bonds. The van der Waals surface area contributed by atoms with Crippen LogP contribution in [0.3, 0.4) is 0 Å². The Morgan fingerprint density at radius 1 is 1.55 bits per heavy atom. The fourth-order valence-electron chi connectivity index (χ4n) is 2.01. The third-order valence-corrected chi connectivity index (χ3v) is 5.40. The van der Waals surface area contributed by atoms with Crippen molar-refractivity contribution in [3.8, 4) is 0 Å². The summed E-state index contributed by atoms with van der Waals surface area (Å²) in [5, 5.41) is 0.129. The highest BCUT2D eigenvalue weighted by molar-refractivity contribution is 7.89. The molecule has 1 saturated heterocycles. The van der Waals surface area contributed by atoms with Gasteiger partial charge in [-0.15, -0.1) is 0 Å². The second kappa shape index (κ2) is 5.95. The van der Waals surface area contributed by atoms with Gasteiger partial charge >= 0.3 is 0 Å². The fourth-order valence-corrected chi connectivity index (χ4v) is 4.00. The minimum absolute atomic E-state index is 0.0245. The first kappa shape index (κ1) is 15.7. The molecule has 2 unspecified atom stereocenters. The Labute approximate surface area is 128 Å². The van der Waals surface area contributed by atoms with E-state index in [9.17, 15) is 8.42 Å². The molecule has 0 aromatic heterocycles. The number of hydrogen-bond acceptors (Lipinski definition) is 4. The number of rotatable bonds is 4. The summed E-state index contributed by atoms with van der Waals surface area (Å²) >= 11 is 10.8. The average Bonchev–Trinajstić information content (AvgIpc) is 2.74. The lowest BCUT2D eigenvalue weighted by atomic mass is 10.2. The molecule has 2 atom stereocenters. The predicted octanol–water partition coefficient (Wildman–Crippen LogP) is 1.43. The van der Waals surface area contributed by atoms with Gasteiger partial charge in [-0.3, -0.25) is 0 Å². The highest BCUT2D eigenvalue weighted by Gasteiger charge is 2.30. The van der Waals surface area contributed by atoms with Gasteiger partial charge in [0.25, 0.3) is 0 Å². The molecule has 2 rings (SSSR count). The van der Waals surface area contributed by atoms with Gasteiger partial charge in [0, 0.05) is 12.2 Å². The molecule has 3 N–H and O–H groups in total. The molecule has 5 nitrogen and oxygen atoms in total. The molecule has 0 bridgehead atoms. The Morgan fingerprint density at radius 2 is 2.25 bits per heavy atom. The smallest absolute Gasteiger partial charge is 0.242 e. The van der Waals surface area contributed by atoms with Gasteiger partial charge in [0.05, 0.1) is 17.2 Å². The normalized spacial score (nSPS) is 22.9. The van der Waals surface area contributed by atoms with Crippen molar-refractivity contribution in [3.63, 3.8) is 0 Å². The molecule has 0 radical (unpaired) electrons. The second-order valence-electron chi connectivity index (χ2n) is 4.60. The van der Waals surface area contributed by atoms with Crippen LogP contribution in [0.15, 0.2) is 23.1 Å². The molecular weight excluding hydrogens is 320 g/mol. The van der Waals surface area contributed by atoms with Crippen molar-refractivity contribution in [2.24, 2.45) is 5.73 Å². The van der Waals surface area contributed by atoms with Crippen molar-refractivity contribution in [3.05, 3.63) is 28.8 Å². The van der Waals surface area contributed by atoms with Crippen molar-refractivity contribution in [1.29, 1.82) is 0 Å². The zero-order valence-electron chi connectivity index (χ0n) is 10.8. The molecule has 1 aliphatic rings. The van der Waals surface area contributed by atoms with E-state index >= 15 is 0 Å². The first-order valence-electron chi connectivity index (χ1n) is 6.04. The van der Waals surface area contributed by atoms with Gasteiger partial charge in [-0.25, -0.2) is 13.1 Å². The van der Waals surface area contributed by atoms with E-state index in [1.165, 1.54) is 12.1 Å². The van der Waals surface area contributed by atoms with Gasteiger partial charge in [-0.2, -0.15) is 0 Å². The van der Waals surface area contributed by atoms with Crippen LogP contribution >= 0.6 is 23.8 Å². The molecule has 0 aliphatic carbocycles. The maximum Gasteiger partial charge on any atom is 0.242 e. The summed E-state index contributed by atoms with van der Waals surface area (Å²) in [6, 6.07) is 4.18. The Kier molecular flexibility index (Phi) is 4.66. The summed E-state index contributed by atoms with van der Waals surface area (Å²) in [6.45, 7) is 2.36. The van der Waals surface area contributed by atoms with E-state index in [2.05, 4.69) is 4.72 Å². The van der Waals surface area contributed by atoms with E-state index in [4.69, 9.17) is 34.3 Å². The average molecular weight is 335 g/mol. The van der Waals surface area contributed by atoms with E-state index in [0.29, 0.717) is 18.6 Å². The second-order valence-corrected chi connectivity index (χ2v) is 7.13. The number of hydrogen-bond donors (Lipinski definition) is 2. The van der Waals surface area contributed by atoms with Crippen LogP contribution in [0.4, 0.5) is 0 Å². The minimum atomic E-state index is -3.74. The zero-order chi connectivity index (χ0) is 14.9. The van der Waals surface area contributed by atoms with Crippen molar-refractivity contribution in [2.75, 3.05) is 6.61 Å². The summed E-state index contributed by atoms with van der Waals surface area (Å²) in [4.78, 5) is 0.0965. The number of halogens is 1. The van der Waals surface area contributed by atoms with Crippen LogP contribution < -0.4 is 10.5 Å². The van der Waals surface area contributed by atoms with Crippen LogP contribution in [0.5, 0.6) is 0 Å². The molecule has 20 heavy (non-hydrogen) atoms. The third kappa shape index (κ3) is 3.29. The van der Waals surface area contributed by atoms with Crippen molar-refractivity contribution >= 4 is 38.8 Å². The van der Waals surface area contributed by atoms with Gasteiger partial charge in [0.15, 0.2) is 0 Å². The van der Waals surface area contributed by atoms with Crippen LogP contribution in [0.25, 0.3) is 0 Å². The Hall–Kier alpha value is -0.730. The number of nitrogens with two attached hydrogens (primary N) is 1. The number of benzene rings is 1. The topological polar surface area (TPSA) is 81.4 Å². The quantitative estimate of drug-likeness (QED) is 0.814. The van der Waals surface area contributed by atoms with Crippen LogP contribution in [-0.4, -0.2) is 32.2 Å². The zero-order valence-corrected chi connectivity index (χ0v) is 13.2. The lowest BCUT2D eigenvalue weighted by Crippen LogP contribution is -2.39. The Morgan fingerprint density at radius 3 is 2.80 bits per heavy atom. The van der Waals surface area contributed by atoms with Crippen molar-refractivity contribution in [2.45, 2.75) is 30.4 Å². The Bertz CT molecular complexity index is 634. The van der Waals surface area contributed by atoms with Crippen LogP contribution in [0, 0.1) is 0 Å². The molecule has 1 heterocycles. The molecule has 1 aromatic rings. The largest absolute Gasteiger partial charge is 0.389 e. The minimum Gasteiger partial charge on any atom is -0.389 e. The lowest BCUT2D eigenvalue weighted by Gasteiger charge is -2.17. The first-order valence-corrected chi connectivity index (χ1v) is 8.31. The number of ether oxygens (including phenoxy) is 1. The molecule has 1 aromatic carbocycles. The highest BCUT2D eigenvalue weighted by atomic mass is 35.5. The molecular formula is C12H15ClN2O3S2. The van der Waals surface area contributed by atoms with Crippen LogP contribution in [-0.2, 0) is 14.8 Å². The maximum atomic E-state index is 12.4. The standard InChI is InChI=1S/C12H15ClN2O3S2/c1-7-10(4-5-18-7)15-20(16,17)11-6-8(12(14)19)2-3-9(11)13/h2-3,6-7,10,15H,4-5H2,1H3,(H2,14,19). The van der Waals surface area contributed by atoms with E-state index < -0.39 is 10.0 Å². The molecule has 8 heteroatoms. The molecule has 1 aliphatic heterocycles. The number of sulfonamides is 1. The summed E-state index contributed by atoms with van der Waals surface area (Å²) < 4.78 is 32.7. The molecule has 0 spiro atoms. The maximum absolute atomic E-state index is 12.4. The fraction of sp³-hybridized carbons (Fsp3) is 0.417. The van der Waals surface area contributed by atoms with Crippen LogP contribution in [0.2, 0.25) is 5.02 Å².